The van der Waals surface area contributed by atoms with Gasteiger partial charge in [0.25, 0.3) is 0 Å². The Morgan fingerprint density at radius 1 is 1.17 bits per heavy atom. The van der Waals surface area contributed by atoms with Crippen molar-refractivity contribution in [3.8, 4) is 0 Å². The Balaban J connectivity index is 1.73. The van der Waals surface area contributed by atoms with Crippen molar-refractivity contribution in [3.05, 3.63) is 85.7 Å². The van der Waals surface area contributed by atoms with Crippen molar-refractivity contribution in [3.63, 3.8) is 0 Å². The molecular weight excluding hydrogens is 421 g/mol. The topological polar surface area (TPSA) is 81.4 Å². The third-order valence-corrected chi connectivity index (χ3v) is 5.95. The molecule has 0 N–H and O–H groups in total. The zero-order valence-corrected chi connectivity index (χ0v) is 17.6. The smallest absolute Gasteiger partial charge is 0.249 e. The van der Waals surface area contributed by atoms with Crippen LogP contribution in [0.4, 0.5) is 0 Å². The summed E-state index contributed by atoms with van der Waals surface area (Å²) in [5.41, 5.74) is 12.7. The molecule has 1 aliphatic carbocycles. The van der Waals surface area contributed by atoms with E-state index in [2.05, 4.69) is 16.1 Å². The van der Waals surface area contributed by atoms with Gasteiger partial charge in [-0.2, -0.15) is 5.10 Å². The van der Waals surface area contributed by atoms with Crippen molar-refractivity contribution >= 4 is 40.9 Å². The lowest BCUT2D eigenvalue weighted by Gasteiger charge is -2.29. The summed E-state index contributed by atoms with van der Waals surface area (Å²) in [4.78, 5) is 15.5. The van der Waals surface area contributed by atoms with Gasteiger partial charge < -0.3 is 0 Å². The number of carbonyl (C=O) groups is 1. The van der Waals surface area contributed by atoms with Crippen LogP contribution < -0.4 is 0 Å². The molecule has 0 radical (unpaired) electrons. The van der Waals surface area contributed by atoms with Crippen LogP contribution in [0.3, 0.4) is 0 Å². The van der Waals surface area contributed by atoms with E-state index in [1.807, 2.05) is 48.5 Å². The van der Waals surface area contributed by atoms with E-state index in [0.717, 1.165) is 41.7 Å². The molecule has 1 fully saturated rings. The van der Waals surface area contributed by atoms with E-state index in [0.29, 0.717) is 10.0 Å². The molecule has 8 heteroatoms. The van der Waals surface area contributed by atoms with Gasteiger partial charge in [-0.3, -0.25) is 4.79 Å². The summed E-state index contributed by atoms with van der Waals surface area (Å²) in [5.74, 6) is -0.242. The molecule has 0 aromatic heterocycles. The Bertz CT molecular complexity index is 1060. The fraction of sp³-hybridized carbons (Fsp3) is 0.273. The summed E-state index contributed by atoms with van der Waals surface area (Å²) in [6.45, 7) is -0.264. The average Bonchev–Trinajstić information content (AvgIpc) is 3.15. The molecule has 6 nitrogen and oxygen atoms in total. The molecule has 1 heterocycles. The van der Waals surface area contributed by atoms with Gasteiger partial charge in [-0.25, -0.2) is 5.01 Å². The molecule has 0 spiro atoms. The van der Waals surface area contributed by atoms with E-state index in [4.69, 9.17) is 33.8 Å². The van der Waals surface area contributed by atoms with Gasteiger partial charge in [-0.15, -0.1) is 0 Å². The molecule has 1 amide bonds. The largest absolute Gasteiger partial charge is 0.273 e. The van der Waals surface area contributed by atoms with Crippen molar-refractivity contribution in [2.24, 2.45) is 16.1 Å². The monoisotopic (exact) mass is 439 g/mol. The van der Waals surface area contributed by atoms with Gasteiger partial charge in [0.15, 0.2) is 0 Å². The Morgan fingerprint density at radius 3 is 2.50 bits per heavy atom. The van der Waals surface area contributed by atoms with Crippen LogP contribution in [0.15, 0.2) is 64.3 Å². The molecule has 1 aliphatic heterocycles. The Labute approximate surface area is 184 Å². The molecule has 2 aromatic rings. The molecule has 2 atom stereocenters. The van der Waals surface area contributed by atoms with E-state index < -0.39 is 0 Å². The van der Waals surface area contributed by atoms with Crippen LogP contribution >= 0.6 is 23.2 Å². The lowest BCUT2D eigenvalue weighted by Crippen LogP contribution is -2.33. The lowest BCUT2D eigenvalue weighted by molar-refractivity contribution is -0.132. The van der Waals surface area contributed by atoms with E-state index in [1.165, 1.54) is 5.01 Å². The molecular formula is C22H19Cl2N5O. The number of allylic oxidation sites excluding steroid dienone is 1. The molecule has 2 aromatic carbocycles. The highest BCUT2D eigenvalue weighted by atomic mass is 35.5. The number of rotatable bonds is 4. The van der Waals surface area contributed by atoms with Gasteiger partial charge in [-0.05, 0) is 71.8 Å². The summed E-state index contributed by atoms with van der Waals surface area (Å²) in [6.07, 6.45) is 4.94. The Morgan fingerprint density at radius 2 is 1.83 bits per heavy atom. The van der Waals surface area contributed by atoms with Crippen LogP contribution in [0.25, 0.3) is 16.5 Å². The number of halogens is 2. The zero-order valence-electron chi connectivity index (χ0n) is 16.1. The van der Waals surface area contributed by atoms with E-state index in [1.54, 1.807) is 0 Å². The van der Waals surface area contributed by atoms with Crippen LogP contribution in [0.5, 0.6) is 0 Å². The zero-order chi connectivity index (χ0) is 21.1. The fourth-order valence-electron chi connectivity index (χ4n) is 4.13. The predicted octanol–water partition coefficient (Wildman–Crippen LogP) is 6.43. The van der Waals surface area contributed by atoms with Crippen LogP contribution in [0.1, 0.15) is 36.4 Å². The van der Waals surface area contributed by atoms with Gasteiger partial charge >= 0.3 is 0 Å². The summed E-state index contributed by atoms with van der Waals surface area (Å²) in [7, 11) is 0. The van der Waals surface area contributed by atoms with E-state index in [-0.39, 0.29) is 24.4 Å². The molecule has 0 saturated heterocycles. The van der Waals surface area contributed by atoms with Crippen molar-refractivity contribution in [1.82, 2.24) is 5.01 Å². The van der Waals surface area contributed by atoms with Crippen LogP contribution in [0.2, 0.25) is 10.0 Å². The second kappa shape index (κ2) is 8.92. The summed E-state index contributed by atoms with van der Waals surface area (Å²) in [5, 5.41) is 11.0. The van der Waals surface area contributed by atoms with Crippen molar-refractivity contribution < 1.29 is 4.79 Å². The Kier molecular flexibility index (Phi) is 6.09. The maximum absolute atomic E-state index is 12.8. The quantitative estimate of drug-likeness (QED) is 0.307. The molecule has 2 aliphatic rings. The van der Waals surface area contributed by atoms with Crippen LogP contribution in [0, 0.1) is 5.92 Å². The highest BCUT2D eigenvalue weighted by molar-refractivity contribution is 6.30. The summed E-state index contributed by atoms with van der Waals surface area (Å²) >= 11 is 12.1. The number of amides is 1. The molecule has 0 bridgehead atoms. The number of benzene rings is 2. The SMILES string of the molecule is [N-]=[N+]=NCC(=O)N1N=C2/C(=C\c3ccc(Cl)cc3)CCC[C@H]2[C@H]1c1ccc(Cl)cc1. The molecule has 152 valence electrons. The standard InChI is InChI=1S/C22H19Cl2N5O/c23-17-8-4-14(5-9-17)12-16-2-1-3-19-21(16)27-29(20(30)13-26-28-25)22(19)15-6-10-18(24)11-7-15/h4-12,19,22H,1-3,13H2/b16-12-/t19-,22-/m1/s1. The van der Waals surface area contributed by atoms with E-state index >= 15 is 0 Å². The number of hydrogen-bond acceptors (Lipinski definition) is 3. The fourth-order valence-corrected chi connectivity index (χ4v) is 4.38. The highest BCUT2D eigenvalue weighted by Gasteiger charge is 2.43. The number of nitrogens with zero attached hydrogens (tertiary/aromatic N) is 5. The predicted molar refractivity (Wildman–Crippen MR) is 119 cm³/mol. The first-order chi connectivity index (χ1) is 14.6. The van der Waals surface area contributed by atoms with Crippen molar-refractivity contribution in [2.75, 3.05) is 6.54 Å². The maximum Gasteiger partial charge on any atom is 0.249 e. The Hall–Kier alpha value is -2.79. The van der Waals surface area contributed by atoms with Gasteiger partial charge in [0.2, 0.25) is 5.91 Å². The number of azide groups is 1. The highest BCUT2D eigenvalue weighted by Crippen LogP contribution is 2.44. The second-order valence-corrected chi connectivity index (χ2v) is 8.20. The van der Waals surface area contributed by atoms with Gasteiger partial charge in [-0.1, -0.05) is 52.6 Å². The third kappa shape index (κ3) is 4.21. The van der Waals surface area contributed by atoms with Gasteiger partial charge in [0.05, 0.1) is 11.8 Å². The maximum atomic E-state index is 12.8. The number of fused-ring (bicyclic) bond motifs is 1. The minimum absolute atomic E-state index is 0.0773. The van der Waals surface area contributed by atoms with Gasteiger partial charge in [0.1, 0.15) is 6.54 Å². The number of hydrazone groups is 1. The minimum Gasteiger partial charge on any atom is -0.273 e. The summed E-state index contributed by atoms with van der Waals surface area (Å²) in [6, 6.07) is 14.9. The van der Waals surface area contributed by atoms with Crippen molar-refractivity contribution in [2.45, 2.75) is 25.3 Å². The first-order valence-corrected chi connectivity index (χ1v) is 10.5. The lowest BCUT2D eigenvalue weighted by atomic mass is 9.77. The molecule has 30 heavy (non-hydrogen) atoms. The van der Waals surface area contributed by atoms with Gasteiger partial charge in [0, 0.05) is 20.9 Å². The van der Waals surface area contributed by atoms with E-state index in [9.17, 15) is 4.79 Å². The third-order valence-electron chi connectivity index (χ3n) is 5.45. The minimum atomic E-state index is -0.319. The second-order valence-electron chi connectivity index (χ2n) is 7.33. The number of carbonyl (C=O) groups excluding carboxylic acids is 1. The van der Waals surface area contributed by atoms with Crippen LogP contribution in [-0.4, -0.2) is 23.2 Å². The van der Waals surface area contributed by atoms with Crippen molar-refractivity contribution in [1.29, 1.82) is 0 Å². The molecule has 1 saturated carbocycles. The molecule has 4 rings (SSSR count). The first kappa shape index (κ1) is 20.5. The first-order valence-electron chi connectivity index (χ1n) is 9.70. The average molecular weight is 440 g/mol. The molecule has 0 unspecified atom stereocenters. The van der Waals surface area contributed by atoms with Crippen LogP contribution in [-0.2, 0) is 4.79 Å². The summed E-state index contributed by atoms with van der Waals surface area (Å²) < 4.78 is 0. The number of hydrogen-bond donors (Lipinski definition) is 0. The normalized spacial score (nSPS) is 21.7.